The molecule has 1 aliphatic rings. The Labute approximate surface area is 186 Å². The number of ether oxygens (including phenoxy) is 2. The number of hydrogen-bond acceptors (Lipinski definition) is 6. The second-order valence-electron chi connectivity index (χ2n) is 9.25. The van der Waals surface area contributed by atoms with Crippen molar-refractivity contribution in [1.82, 2.24) is 10.6 Å². The van der Waals surface area contributed by atoms with Crippen molar-refractivity contribution in [2.24, 2.45) is 23.7 Å². The van der Waals surface area contributed by atoms with Gasteiger partial charge >= 0.3 is 11.9 Å². The van der Waals surface area contributed by atoms with E-state index in [4.69, 9.17) is 9.47 Å². The molecule has 2 N–H and O–H groups in total. The zero-order valence-electron chi connectivity index (χ0n) is 19.9. The van der Waals surface area contributed by atoms with Gasteiger partial charge in [0.05, 0.1) is 14.2 Å². The summed E-state index contributed by atoms with van der Waals surface area (Å²) in [5, 5.41) is 5.58. The van der Waals surface area contributed by atoms with Gasteiger partial charge in [-0.3, -0.25) is 9.59 Å². The molecule has 178 valence electrons. The van der Waals surface area contributed by atoms with Crippen LogP contribution in [0.25, 0.3) is 0 Å². The number of hydrogen-bond donors (Lipinski definition) is 2. The maximum atomic E-state index is 12.9. The van der Waals surface area contributed by atoms with Crippen molar-refractivity contribution in [1.29, 1.82) is 0 Å². The molecule has 2 amide bonds. The highest BCUT2D eigenvalue weighted by Crippen LogP contribution is 2.32. The molecule has 4 atom stereocenters. The summed E-state index contributed by atoms with van der Waals surface area (Å²) in [5.41, 5.74) is 0. The first kappa shape index (κ1) is 26.9. The highest BCUT2D eigenvalue weighted by atomic mass is 16.5. The van der Waals surface area contributed by atoms with Crippen LogP contribution in [0, 0.1) is 23.7 Å². The van der Waals surface area contributed by atoms with Crippen molar-refractivity contribution in [2.75, 3.05) is 14.2 Å². The molecule has 0 aromatic rings. The summed E-state index contributed by atoms with van der Waals surface area (Å²) in [6.45, 7) is 8.18. The molecule has 0 aromatic carbocycles. The van der Waals surface area contributed by atoms with Crippen LogP contribution >= 0.6 is 0 Å². The van der Waals surface area contributed by atoms with Crippen molar-refractivity contribution in [3.8, 4) is 0 Å². The molecule has 8 heteroatoms. The van der Waals surface area contributed by atoms with Crippen LogP contribution in [0.4, 0.5) is 0 Å². The van der Waals surface area contributed by atoms with E-state index >= 15 is 0 Å². The molecule has 0 unspecified atom stereocenters. The van der Waals surface area contributed by atoms with E-state index in [0.717, 1.165) is 19.3 Å². The summed E-state index contributed by atoms with van der Waals surface area (Å²) in [4.78, 5) is 50.1. The van der Waals surface area contributed by atoms with Crippen molar-refractivity contribution in [2.45, 2.75) is 84.7 Å². The molecule has 0 spiro atoms. The van der Waals surface area contributed by atoms with E-state index in [2.05, 4.69) is 10.6 Å². The third kappa shape index (κ3) is 8.87. The smallest absolute Gasteiger partial charge is 0.328 e. The second kappa shape index (κ2) is 13.3. The molecule has 1 aliphatic carbocycles. The summed E-state index contributed by atoms with van der Waals surface area (Å²) in [5.74, 6) is -1.88. The van der Waals surface area contributed by atoms with Crippen LogP contribution in [-0.2, 0) is 28.7 Å². The lowest BCUT2D eigenvalue weighted by Gasteiger charge is -2.24. The average Bonchev–Trinajstić information content (AvgIpc) is 3.22. The summed E-state index contributed by atoms with van der Waals surface area (Å²) < 4.78 is 9.67. The fraction of sp³-hybridized carbons (Fsp3) is 0.826. The Hall–Kier alpha value is -2.12. The summed E-state index contributed by atoms with van der Waals surface area (Å²) in [6.07, 6.45) is 4.38. The number of methoxy groups -OCH3 is 2. The SMILES string of the molecule is COC(=O)[C@H](CCC(C)C)NC(=O)[C@@H]1CCC[C@H]1C(=O)N[C@@H](CCC(C)C)C(=O)OC. The number of esters is 2. The van der Waals surface area contributed by atoms with Crippen molar-refractivity contribution >= 4 is 23.8 Å². The maximum Gasteiger partial charge on any atom is 0.328 e. The Morgan fingerprint density at radius 2 is 1.06 bits per heavy atom. The van der Waals surface area contributed by atoms with Gasteiger partial charge in [0.15, 0.2) is 0 Å². The molecule has 0 aromatic heterocycles. The number of rotatable bonds is 12. The molecule has 1 saturated carbocycles. The topological polar surface area (TPSA) is 111 Å². The van der Waals surface area contributed by atoms with Crippen LogP contribution in [-0.4, -0.2) is 50.1 Å². The maximum absolute atomic E-state index is 12.9. The highest BCUT2D eigenvalue weighted by molar-refractivity contribution is 5.92. The van der Waals surface area contributed by atoms with E-state index in [1.807, 2.05) is 27.7 Å². The Kier molecular flexibility index (Phi) is 11.6. The van der Waals surface area contributed by atoms with Crippen LogP contribution in [0.3, 0.4) is 0 Å². The Morgan fingerprint density at radius 1 is 0.710 bits per heavy atom. The Bertz CT molecular complexity index is 567. The fourth-order valence-electron chi connectivity index (χ4n) is 3.93. The van der Waals surface area contributed by atoms with E-state index in [1.165, 1.54) is 14.2 Å². The highest BCUT2D eigenvalue weighted by Gasteiger charge is 2.40. The van der Waals surface area contributed by atoms with Gasteiger partial charge in [-0.15, -0.1) is 0 Å². The number of carbonyl (C=O) groups is 4. The van der Waals surface area contributed by atoms with E-state index in [-0.39, 0.29) is 11.8 Å². The lowest BCUT2D eigenvalue weighted by molar-refractivity contribution is -0.147. The van der Waals surface area contributed by atoms with Crippen molar-refractivity contribution in [3.63, 3.8) is 0 Å². The van der Waals surface area contributed by atoms with Gasteiger partial charge in [-0.1, -0.05) is 34.1 Å². The number of amides is 2. The summed E-state index contributed by atoms with van der Waals surface area (Å²) in [7, 11) is 2.60. The number of nitrogens with one attached hydrogen (secondary N) is 2. The first-order chi connectivity index (χ1) is 14.6. The van der Waals surface area contributed by atoms with Crippen LogP contribution in [0.15, 0.2) is 0 Å². The Balaban J connectivity index is 2.81. The van der Waals surface area contributed by atoms with Gasteiger partial charge in [0.25, 0.3) is 0 Å². The first-order valence-electron chi connectivity index (χ1n) is 11.4. The molecular weight excluding hydrogens is 400 g/mol. The Morgan fingerprint density at radius 3 is 1.35 bits per heavy atom. The van der Waals surface area contributed by atoms with Crippen molar-refractivity contribution in [3.05, 3.63) is 0 Å². The van der Waals surface area contributed by atoms with Gasteiger partial charge in [0.1, 0.15) is 12.1 Å². The lowest BCUT2D eigenvalue weighted by atomic mass is 9.92. The molecule has 0 bridgehead atoms. The normalized spacial score (nSPS) is 20.3. The molecule has 0 saturated heterocycles. The second-order valence-corrected chi connectivity index (χ2v) is 9.25. The largest absolute Gasteiger partial charge is 0.467 e. The summed E-state index contributed by atoms with van der Waals surface area (Å²) >= 11 is 0. The molecule has 1 rings (SSSR count). The minimum Gasteiger partial charge on any atom is -0.467 e. The van der Waals surface area contributed by atoms with Gasteiger partial charge in [-0.05, 0) is 50.4 Å². The predicted molar refractivity (Wildman–Crippen MR) is 117 cm³/mol. The van der Waals surface area contributed by atoms with Gasteiger partial charge in [-0.2, -0.15) is 0 Å². The van der Waals surface area contributed by atoms with E-state index in [9.17, 15) is 19.2 Å². The van der Waals surface area contributed by atoms with Gasteiger partial charge < -0.3 is 20.1 Å². The quantitative estimate of drug-likeness (QED) is 0.451. The van der Waals surface area contributed by atoms with Crippen LogP contribution < -0.4 is 10.6 Å². The summed E-state index contributed by atoms with van der Waals surface area (Å²) in [6, 6.07) is -1.45. The third-order valence-corrected chi connectivity index (χ3v) is 5.86. The van der Waals surface area contributed by atoms with Gasteiger partial charge in [0.2, 0.25) is 11.8 Å². The van der Waals surface area contributed by atoms with E-state index in [1.54, 1.807) is 0 Å². The monoisotopic (exact) mass is 440 g/mol. The van der Waals surface area contributed by atoms with Crippen LogP contribution in [0.1, 0.15) is 72.6 Å². The molecule has 0 aliphatic heterocycles. The standard InChI is InChI=1S/C23H40N2O6/c1-14(2)10-12-18(22(28)30-5)24-20(26)16-8-7-9-17(16)21(27)25-19(23(29)31-6)13-11-15(3)4/h14-19H,7-13H2,1-6H3,(H,24,26)(H,25,27)/t16-,17-,18+,19+/m1/s1. The van der Waals surface area contributed by atoms with E-state index < -0.39 is 35.9 Å². The van der Waals surface area contributed by atoms with Gasteiger partial charge in [0, 0.05) is 11.8 Å². The van der Waals surface area contributed by atoms with Crippen LogP contribution in [0.5, 0.6) is 0 Å². The first-order valence-corrected chi connectivity index (χ1v) is 11.4. The predicted octanol–water partition coefficient (Wildman–Crippen LogP) is 2.59. The molecular formula is C23H40N2O6. The molecule has 0 heterocycles. The molecule has 0 radical (unpaired) electrons. The van der Waals surface area contributed by atoms with Crippen molar-refractivity contribution < 1.29 is 28.7 Å². The third-order valence-electron chi connectivity index (χ3n) is 5.86. The number of carbonyl (C=O) groups excluding carboxylic acids is 4. The van der Waals surface area contributed by atoms with Crippen LogP contribution in [0.2, 0.25) is 0 Å². The zero-order valence-corrected chi connectivity index (χ0v) is 19.9. The lowest BCUT2D eigenvalue weighted by Crippen LogP contribution is -2.49. The molecule has 1 fully saturated rings. The molecule has 31 heavy (non-hydrogen) atoms. The van der Waals surface area contributed by atoms with Gasteiger partial charge in [-0.25, -0.2) is 9.59 Å². The zero-order chi connectivity index (χ0) is 23.6. The fourth-order valence-corrected chi connectivity index (χ4v) is 3.93. The average molecular weight is 441 g/mol. The minimum atomic E-state index is -0.724. The van der Waals surface area contributed by atoms with E-state index in [0.29, 0.717) is 37.5 Å². The minimum absolute atomic E-state index is 0.311. The molecule has 8 nitrogen and oxygen atoms in total.